The Hall–Kier alpha value is -4.11. The van der Waals surface area contributed by atoms with Gasteiger partial charge in [0.1, 0.15) is 11.8 Å². The summed E-state index contributed by atoms with van der Waals surface area (Å²) in [5.74, 6) is 0.467. The number of ether oxygens (including phenoxy) is 1. The van der Waals surface area contributed by atoms with Crippen molar-refractivity contribution < 1.29 is 23.2 Å². The van der Waals surface area contributed by atoms with Crippen molar-refractivity contribution in [2.45, 2.75) is 26.5 Å². The van der Waals surface area contributed by atoms with Crippen LogP contribution in [0.2, 0.25) is 5.02 Å². The summed E-state index contributed by atoms with van der Waals surface area (Å²) in [5.41, 5.74) is 1.32. The van der Waals surface area contributed by atoms with E-state index in [9.17, 15) is 9.59 Å². The van der Waals surface area contributed by atoms with Crippen LogP contribution in [0.25, 0.3) is 11.5 Å². The number of furan rings is 1. The quantitative estimate of drug-likeness (QED) is 0.337. The largest absolute Gasteiger partial charge is 0.484 e. The Labute approximate surface area is 206 Å². The van der Waals surface area contributed by atoms with Crippen molar-refractivity contribution in [1.29, 1.82) is 0 Å². The highest BCUT2D eigenvalue weighted by Crippen LogP contribution is 2.22. The van der Waals surface area contributed by atoms with Crippen molar-refractivity contribution >= 4 is 29.1 Å². The number of nitrogens with one attached hydrogen (secondary N) is 2. The molecule has 2 aromatic carbocycles. The van der Waals surface area contributed by atoms with Gasteiger partial charge in [-0.05, 0) is 66.6 Å². The average molecular weight is 495 g/mol. The van der Waals surface area contributed by atoms with Gasteiger partial charge in [-0.1, -0.05) is 25.4 Å². The lowest BCUT2D eigenvalue weighted by Crippen LogP contribution is -2.47. The fourth-order valence-corrected chi connectivity index (χ4v) is 3.30. The molecule has 4 rings (SSSR count). The minimum Gasteiger partial charge on any atom is -0.484 e. The lowest BCUT2D eigenvalue weighted by molar-refractivity contribution is -0.118. The van der Waals surface area contributed by atoms with Crippen LogP contribution in [0.1, 0.15) is 30.3 Å². The maximum absolute atomic E-state index is 12.8. The van der Waals surface area contributed by atoms with Crippen molar-refractivity contribution in [3.63, 3.8) is 0 Å². The van der Waals surface area contributed by atoms with Crippen molar-refractivity contribution in [2.75, 3.05) is 5.32 Å². The molecule has 0 aliphatic heterocycles. The van der Waals surface area contributed by atoms with Crippen molar-refractivity contribution in [3.8, 4) is 17.2 Å². The summed E-state index contributed by atoms with van der Waals surface area (Å²) >= 11 is 5.90. The number of hydrogen-bond donors (Lipinski definition) is 2. The Morgan fingerprint density at radius 1 is 1.03 bits per heavy atom. The van der Waals surface area contributed by atoms with E-state index in [4.69, 9.17) is 25.2 Å². The van der Waals surface area contributed by atoms with Gasteiger partial charge in [0.15, 0.2) is 12.4 Å². The molecular formula is C25H23ClN4O5. The molecule has 35 heavy (non-hydrogen) atoms. The Morgan fingerprint density at radius 3 is 2.43 bits per heavy atom. The molecule has 0 bridgehead atoms. The number of amides is 2. The Balaban J connectivity index is 1.31. The van der Waals surface area contributed by atoms with Crippen LogP contribution < -0.4 is 15.4 Å². The Bertz CT molecular complexity index is 1270. The number of benzene rings is 2. The average Bonchev–Trinajstić information content (AvgIpc) is 3.55. The first kappa shape index (κ1) is 24.0. The van der Waals surface area contributed by atoms with E-state index in [1.165, 1.54) is 12.3 Å². The van der Waals surface area contributed by atoms with Gasteiger partial charge in [0.05, 0.1) is 6.26 Å². The Morgan fingerprint density at radius 2 is 1.77 bits per heavy atom. The lowest BCUT2D eigenvalue weighted by atomic mass is 10.0. The third kappa shape index (κ3) is 6.27. The highest BCUT2D eigenvalue weighted by atomic mass is 35.5. The molecule has 0 spiro atoms. The highest BCUT2D eigenvalue weighted by Gasteiger charge is 2.25. The third-order valence-corrected chi connectivity index (χ3v) is 5.27. The molecule has 2 aromatic heterocycles. The zero-order valence-electron chi connectivity index (χ0n) is 19.0. The van der Waals surface area contributed by atoms with Crippen molar-refractivity contribution in [3.05, 3.63) is 83.6 Å². The standard InChI is InChI=1S/C25H23ClN4O5/c1-15(2)22(28-23(31)20-4-3-13-33-20)24(32)27-18-9-11-19(12-10-18)34-14-21-29-30-25(35-21)16-5-7-17(26)8-6-16/h3-13,15,22H,14H2,1-2H3,(H,27,32)(H,28,31)/t22-/m0/s1. The maximum atomic E-state index is 12.8. The summed E-state index contributed by atoms with van der Waals surface area (Å²) in [6.07, 6.45) is 1.40. The van der Waals surface area contributed by atoms with E-state index in [1.54, 1.807) is 54.6 Å². The number of nitrogens with zero attached hydrogens (tertiary/aromatic N) is 2. The second-order valence-corrected chi connectivity index (χ2v) is 8.42. The van der Waals surface area contributed by atoms with E-state index >= 15 is 0 Å². The van der Waals surface area contributed by atoms with Gasteiger partial charge >= 0.3 is 0 Å². The van der Waals surface area contributed by atoms with Gasteiger partial charge in [0.2, 0.25) is 11.8 Å². The van der Waals surface area contributed by atoms with Crippen LogP contribution >= 0.6 is 11.6 Å². The first-order valence-electron chi connectivity index (χ1n) is 10.9. The van der Waals surface area contributed by atoms with Crippen LogP contribution in [0.5, 0.6) is 5.75 Å². The van der Waals surface area contributed by atoms with Crippen LogP contribution in [-0.4, -0.2) is 28.1 Å². The molecule has 0 unspecified atom stereocenters. The first-order chi connectivity index (χ1) is 16.9. The topological polar surface area (TPSA) is 119 Å². The van der Waals surface area contributed by atoms with E-state index in [-0.39, 0.29) is 24.2 Å². The van der Waals surface area contributed by atoms with E-state index in [0.717, 1.165) is 5.56 Å². The van der Waals surface area contributed by atoms with Crippen LogP contribution in [0.15, 0.2) is 75.8 Å². The normalized spacial score (nSPS) is 11.8. The molecule has 2 heterocycles. The van der Waals surface area contributed by atoms with Crippen LogP contribution in [0, 0.1) is 5.92 Å². The zero-order chi connectivity index (χ0) is 24.8. The monoisotopic (exact) mass is 494 g/mol. The predicted octanol–water partition coefficient (Wildman–Crippen LogP) is 4.96. The molecule has 0 fully saturated rings. The zero-order valence-corrected chi connectivity index (χ0v) is 19.8. The number of carbonyl (C=O) groups is 2. The fourth-order valence-electron chi connectivity index (χ4n) is 3.18. The van der Waals surface area contributed by atoms with E-state index in [1.807, 2.05) is 13.8 Å². The molecule has 0 aliphatic carbocycles. The number of carbonyl (C=O) groups excluding carboxylic acids is 2. The summed E-state index contributed by atoms with van der Waals surface area (Å²) in [4.78, 5) is 25.1. The van der Waals surface area contributed by atoms with E-state index in [2.05, 4.69) is 20.8 Å². The van der Waals surface area contributed by atoms with Crippen molar-refractivity contribution in [2.24, 2.45) is 5.92 Å². The molecule has 0 radical (unpaired) electrons. The minimum absolute atomic E-state index is 0.0839. The second-order valence-electron chi connectivity index (χ2n) is 7.98. The number of aromatic nitrogens is 2. The van der Waals surface area contributed by atoms with Gasteiger partial charge in [0, 0.05) is 16.3 Å². The van der Waals surface area contributed by atoms with Gasteiger partial charge < -0.3 is 24.2 Å². The minimum atomic E-state index is -0.740. The molecular weight excluding hydrogens is 472 g/mol. The third-order valence-electron chi connectivity index (χ3n) is 5.02. The summed E-state index contributed by atoms with van der Waals surface area (Å²) in [6.45, 7) is 3.78. The van der Waals surface area contributed by atoms with Gasteiger partial charge in [0.25, 0.3) is 11.8 Å². The molecule has 180 valence electrons. The number of rotatable bonds is 9. The lowest BCUT2D eigenvalue weighted by Gasteiger charge is -2.21. The first-order valence-corrected chi connectivity index (χ1v) is 11.2. The molecule has 1 atom stereocenters. The second kappa shape index (κ2) is 10.9. The van der Waals surface area contributed by atoms with Crippen LogP contribution in [-0.2, 0) is 11.4 Å². The molecule has 2 N–H and O–H groups in total. The summed E-state index contributed by atoms with van der Waals surface area (Å²) < 4.78 is 16.4. The Kier molecular flexibility index (Phi) is 7.47. The summed E-state index contributed by atoms with van der Waals surface area (Å²) in [6, 6.07) is 16.3. The molecule has 4 aromatic rings. The number of anilines is 1. The van der Waals surface area contributed by atoms with Gasteiger partial charge in [-0.3, -0.25) is 9.59 Å². The maximum Gasteiger partial charge on any atom is 0.287 e. The van der Waals surface area contributed by atoms with Gasteiger partial charge in [-0.15, -0.1) is 10.2 Å². The highest BCUT2D eigenvalue weighted by molar-refractivity contribution is 6.30. The summed E-state index contributed by atoms with van der Waals surface area (Å²) in [7, 11) is 0. The molecule has 2 amide bonds. The van der Waals surface area contributed by atoms with E-state index < -0.39 is 11.9 Å². The van der Waals surface area contributed by atoms with Gasteiger partial charge in [-0.25, -0.2) is 0 Å². The smallest absolute Gasteiger partial charge is 0.287 e. The fraction of sp³-hybridized carbons (Fsp3) is 0.200. The summed E-state index contributed by atoms with van der Waals surface area (Å²) in [5, 5.41) is 14.1. The molecule has 9 nitrogen and oxygen atoms in total. The molecule has 10 heteroatoms. The van der Waals surface area contributed by atoms with Gasteiger partial charge in [-0.2, -0.15) is 0 Å². The number of halogens is 1. The molecule has 0 saturated carbocycles. The molecule has 0 saturated heterocycles. The predicted molar refractivity (Wildman–Crippen MR) is 129 cm³/mol. The SMILES string of the molecule is CC(C)[C@H](NC(=O)c1ccco1)C(=O)Nc1ccc(OCc2nnc(-c3ccc(Cl)cc3)o2)cc1. The van der Waals surface area contributed by atoms with Crippen LogP contribution in [0.4, 0.5) is 5.69 Å². The molecule has 0 aliphatic rings. The van der Waals surface area contributed by atoms with Crippen LogP contribution in [0.3, 0.4) is 0 Å². The van der Waals surface area contributed by atoms with Crippen molar-refractivity contribution in [1.82, 2.24) is 15.5 Å². The van der Waals surface area contributed by atoms with E-state index in [0.29, 0.717) is 28.2 Å². The number of hydrogen-bond acceptors (Lipinski definition) is 7.